The van der Waals surface area contributed by atoms with Crippen molar-refractivity contribution in [2.75, 3.05) is 26.2 Å². The number of hydroxylamine groups is 1. The molecule has 2 bridgehead atoms. The molecule has 3 aliphatic heterocycles. The van der Waals surface area contributed by atoms with Gasteiger partial charge >= 0.3 is 6.18 Å². The van der Waals surface area contributed by atoms with E-state index in [0.717, 1.165) is 32.5 Å². The summed E-state index contributed by atoms with van der Waals surface area (Å²) < 4.78 is 35.5. The van der Waals surface area contributed by atoms with Crippen LogP contribution in [-0.2, 0) is 4.84 Å². The van der Waals surface area contributed by atoms with Crippen LogP contribution in [0.4, 0.5) is 13.2 Å². The van der Waals surface area contributed by atoms with Crippen LogP contribution in [0.15, 0.2) is 0 Å². The van der Waals surface area contributed by atoms with Gasteiger partial charge in [0.25, 0.3) is 0 Å². The Kier molecular flexibility index (Phi) is 3.18. The van der Waals surface area contributed by atoms with Gasteiger partial charge in [-0.05, 0) is 31.8 Å². The first-order valence-corrected chi connectivity index (χ1v) is 5.21. The summed E-state index contributed by atoms with van der Waals surface area (Å²) in [7, 11) is 0. The molecule has 1 N–H and O–H groups in total. The number of nitrogens with zero attached hydrogens (tertiary/aromatic N) is 1. The summed E-state index contributed by atoms with van der Waals surface area (Å²) in [5.74, 6) is 0.475. The Morgan fingerprint density at radius 2 is 1.93 bits per heavy atom. The summed E-state index contributed by atoms with van der Waals surface area (Å²) >= 11 is 0. The van der Waals surface area contributed by atoms with Crippen LogP contribution in [0.5, 0.6) is 0 Å². The SMILES string of the molecule is FC(F)(F)CONC1CN2CCC1CC2. The van der Waals surface area contributed by atoms with Gasteiger partial charge in [-0.3, -0.25) is 4.84 Å². The molecule has 3 aliphatic rings. The molecule has 3 heterocycles. The second-order valence-corrected chi connectivity index (χ2v) is 4.27. The number of halogens is 3. The largest absolute Gasteiger partial charge is 0.413 e. The monoisotopic (exact) mass is 224 g/mol. The van der Waals surface area contributed by atoms with Crippen molar-refractivity contribution in [1.29, 1.82) is 0 Å². The van der Waals surface area contributed by atoms with Gasteiger partial charge in [0.1, 0.15) is 0 Å². The highest BCUT2D eigenvalue weighted by Gasteiger charge is 2.35. The number of hydrogen-bond donors (Lipinski definition) is 1. The first kappa shape index (κ1) is 11.2. The summed E-state index contributed by atoms with van der Waals surface area (Å²) in [6.07, 6.45) is -2.12. The molecule has 0 aromatic rings. The average molecular weight is 224 g/mol. The maximum Gasteiger partial charge on any atom is 0.413 e. The zero-order valence-corrected chi connectivity index (χ0v) is 8.39. The molecule has 3 saturated heterocycles. The predicted molar refractivity (Wildman–Crippen MR) is 48.1 cm³/mol. The summed E-state index contributed by atoms with van der Waals surface area (Å²) in [6.45, 7) is 1.74. The maximum absolute atomic E-state index is 11.8. The minimum atomic E-state index is -4.25. The fourth-order valence-corrected chi connectivity index (χ4v) is 2.33. The summed E-state index contributed by atoms with van der Waals surface area (Å²) in [6, 6.07) is 0.0647. The fraction of sp³-hybridized carbons (Fsp3) is 1.00. The Morgan fingerprint density at radius 3 is 2.40 bits per heavy atom. The van der Waals surface area contributed by atoms with Gasteiger partial charge in [-0.2, -0.15) is 18.7 Å². The topological polar surface area (TPSA) is 24.5 Å². The lowest BCUT2D eigenvalue weighted by Gasteiger charge is -2.44. The van der Waals surface area contributed by atoms with Crippen LogP contribution in [0.3, 0.4) is 0 Å². The molecule has 3 rings (SSSR count). The van der Waals surface area contributed by atoms with Gasteiger partial charge in [0.05, 0.1) is 0 Å². The second kappa shape index (κ2) is 4.27. The highest BCUT2D eigenvalue weighted by Crippen LogP contribution is 2.27. The van der Waals surface area contributed by atoms with Crippen molar-refractivity contribution in [2.45, 2.75) is 25.1 Å². The Bertz CT molecular complexity index is 214. The van der Waals surface area contributed by atoms with Gasteiger partial charge in [-0.1, -0.05) is 0 Å². The third-order valence-corrected chi connectivity index (χ3v) is 3.13. The number of hydrogen-bond acceptors (Lipinski definition) is 3. The molecule has 88 valence electrons. The summed E-state index contributed by atoms with van der Waals surface area (Å²) in [4.78, 5) is 6.75. The van der Waals surface area contributed by atoms with Crippen molar-refractivity contribution in [3.05, 3.63) is 0 Å². The molecule has 0 spiro atoms. The van der Waals surface area contributed by atoms with E-state index in [1.54, 1.807) is 0 Å². The fourth-order valence-electron chi connectivity index (χ4n) is 2.33. The van der Waals surface area contributed by atoms with E-state index in [4.69, 9.17) is 0 Å². The normalized spacial score (nSPS) is 35.8. The van der Waals surface area contributed by atoms with Crippen LogP contribution < -0.4 is 5.48 Å². The van der Waals surface area contributed by atoms with Crippen LogP contribution in [0.1, 0.15) is 12.8 Å². The van der Waals surface area contributed by atoms with Crippen molar-refractivity contribution in [1.82, 2.24) is 10.4 Å². The molecule has 0 radical (unpaired) electrons. The van der Waals surface area contributed by atoms with Gasteiger partial charge in [0, 0.05) is 12.6 Å². The molecule has 0 aromatic carbocycles. The first-order valence-electron chi connectivity index (χ1n) is 5.21. The molecule has 1 unspecified atom stereocenters. The number of nitrogens with one attached hydrogen (secondary N) is 1. The molecule has 0 saturated carbocycles. The van der Waals surface area contributed by atoms with Gasteiger partial charge in [0.2, 0.25) is 0 Å². The average Bonchev–Trinajstić information content (AvgIpc) is 2.17. The quantitative estimate of drug-likeness (QED) is 0.728. The number of rotatable bonds is 3. The van der Waals surface area contributed by atoms with Gasteiger partial charge in [-0.15, -0.1) is 0 Å². The standard InChI is InChI=1S/C9H15F3N2O/c10-9(11,12)6-15-13-8-5-14-3-1-7(8)2-4-14/h7-8,13H,1-6H2. The van der Waals surface area contributed by atoms with Crippen molar-refractivity contribution < 1.29 is 18.0 Å². The molecular formula is C9H15F3N2O. The molecule has 6 heteroatoms. The van der Waals surface area contributed by atoms with Gasteiger partial charge < -0.3 is 4.90 Å². The Labute approximate surface area is 86.5 Å². The molecular weight excluding hydrogens is 209 g/mol. The molecule has 3 fully saturated rings. The third-order valence-electron chi connectivity index (χ3n) is 3.13. The van der Waals surface area contributed by atoms with E-state index in [1.807, 2.05) is 0 Å². The van der Waals surface area contributed by atoms with Crippen LogP contribution in [0, 0.1) is 5.92 Å². The zero-order chi connectivity index (χ0) is 10.9. The highest BCUT2D eigenvalue weighted by atomic mass is 19.4. The maximum atomic E-state index is 11.8. The molecule has 1 atom stereocenters. The number of alkyl halides is 3. The first-order chi connectivity index (χ1) is 7.04. The smallest absolute Gasteiger partial charge is 0.302 e. The summed E-state index contributed by atoms with van der Waals surface area (Å²) in [5, 5.41) is 0. The van der Waals surface area contributed by atoms with E-state index in [0.29, 0.717) is 5.92 Å². The predicted octanol–water partition coefficient (Wildman–Crippen LogP) is 1.16. The molecule has 0 amide bonds. The van der Waals surface area contributed by atoms with Crippen LogP contribution >= 0.6 is 0 Å². The van der Waals surface area contributed by atoms with Crippen LogP contribution in [0.2, 0.25) is 0 Å². The van der Waals surface area contributed by atoms with Gasteiger partial charge in [0.15, 0.2) is 6.61 Å². The van der Waals surface area contributed by atoms with Crippen molar-refractivity contribution in [3.8, 4) is 0 Å². The molecule has 0 aromatic heterocycles. The third kappa shape index (κ3) is 3.06. The highest BCUT2D eigenvalue weighted by molar-refractivity contribution is 4.89. The zero-order valence-electron chi connectivity index (χ0n) is 8.39. The second-order valence-electron chi connectivity index (χ2n) is 4.27. The molecule has 15 heavy (non-hydrogen) atoms. The van der Waals surface area contributed by atoms with E-state index >= 15 is 0 Å². The lowest BCUT2D eigenvalue weighted by Crippen LogP contribution is -2.56. The van der Waals surface area contributed by atoms with E-state index in [2.05, 4.69) is 15.2 Å². The van der Waals surface area contributed by atoms with E-state index in [-0.39, 0.29) is 6.04 Å². The number of fused-ring (bicyclic) bond motifs is 3. The number of piperidine rings is 3. The van der Waals surface area contributed by atoms with E-state index in [1.165, 1.54) is 0 Å². The minimum absolute atomic E-state index is 0.0647. The molecule has 3 nitrogen and oxygen atoms in total. The van der Waals surface area contributed by atoms with E-state index < -0.39 is 12.8 Å². The lowest BCUT2D eigenvalue weighted by molar-refractivity contribution is -0.197. The van der Waals surface area contributed by atoms with Gasteiger partial charge in [-0.25, -0.2) is 0 Å². The van der Waals surface area contributed by atoms with E-state index in [9.17, 15) is 13.2 Å². The Hall–Kier alpha value is -0.330. The summed E-state index contributed by atoms with van der Waals surface area (Å²) in [5.41, 5.74) is 2.55. The molecule has 0 aliphatic carbocycles. The van der Waals surface area contributed by atoms with Crippen molar-refractivity contribution >= 4 is 0 Å². The Balaban J connectivity index is 1.71. The lowest BCUT2D eigenvalue weighted by atomic mass is 9.84. The Morgan fingerprint density at radius 1 is 1.27 bits per heavy atom. The van der Waals surface area contributed by atoms with Crippen molar-refractivity contribution in [2.24, 2.45) is 5.92 Å². The minimum Gasteiger partial charge on any atom is -0.302 e. The van der Waals surface area contributed by atoms with Crippen LogP contribution in [0.25, 0.3) is 0 Å². The van der Waals surface area contributed by atoms with Crippen molar-refractivity contribution in [3.63, 3.8) is 0 Å². The van der Waals surface area contributed by atoms with Crippen LogP contribution in [-0.4, -0.2) is 43.4 Å².